The summed E-state index contributed by atoms with van der Waals surface area (Å²) in [7, 11) is 0. The highest BCUT2D eigenvalue weighted by Crippen LogP contribution is 2.33. The molecule has 1 heterocycles. The standard InChI is InChI=1S/C13H24N2O/c1-2-8-15(12-4-3-7-14-10-12)13(16)9-11-5-6-11/h11-12,14H,2-10H2,1H3. The van der Waals surface area contributed by atoms with E-state index in [1.54, 1.807) is 0 Å². The van der Waals surface area contributed by atoms with Crippen LogP contribution in [0.2, 0.25) is 0 Å². The SMILES string of the molecule is CCCN(C(=O)CC1CC1)C1CCCNC1. The molecule has 2 rings (SSSR count). The Labute approximate surface area is 98.6 Å². The quantitative estimate of drug-likeness (QED) is 0.772. The zero-order valence-electron chi connectivity index (χ0n) is 10.4. The van der Waals surface area contributed by atoms with Crippen molar-refractivity contribution in [3.8, 4) is 0 Å². The van der Waals surface area contributed by atoms with Crippen molar-refractivity contribution in [3.05, 3.63) is 0 Å². The summed E-state index contributed by atoms with van der Waals surface area (Å²) in [5, 5.41) is 3.40. The molecule has 3 nitrogen and oxygen atoms in total. The van der Waals surface area contributed by atoms with Crippen LogP contribution in [0.4, 0.5) is 0 Å². The first-order valence-electron chi connectivity index (χ1n) is 6.81. The van der Waals surface area contributed by atoms with Crippen LogP contribution in [0.15, 0.2) is 0 Å². The van der Waals surface area contributed by atoms with Gasteiger partial charge in [-0.05, 0) is 44.6 Å². The van der Waals surface area contributed by atoms with Crippen LogP contribution >= 0.6 is 0 Å². The Morgan fingerprint density at radius 1 is 1.38 bits per heavy atom. The highest BCUT2D eigenvalue weighted by molar-refractivity contribution is 5.77. The Bertz CT molecular complexity index is 232. The molecule has 1 unspecified atom stereocenters. The van der Waals surface area contributed by atoms with Crippen molar-refractivity contribution < 1.29 is 4.79 Å². The van der Waals surface area contributed by atoms with E-state index < -0.39 is 0 Å². The van der Waals surface area contributed by atoms with Crippen molar-refractivity contribution in [1.29, 1.82) is 0 Å². The van der Waals surface area contributed by atoms with Gasteiger partial charge in [0.25, 0.3) is 0 Å². The molecular weight excluding hydrogens is 200 g/mol. The number of hydrogen-bond donors (Lipinski definition) is 1. The predicted molar refractivity (Wildman–Crippen MR) is 65.2 cm³/mol. The van der Waals surface area contributed by atoms with Crippen LogP contribution in [0.1, 0.15) is 45.4 Å². The highest BCUT2D eigenvalue weighted by atomic mass is 16.2. The van der Waals surface area contributed by atoms with Crippen molar-refractivity contribution in [2.75, 3.05) is 19.6 Å². The van der Waals surface area contributed by atoms with Gasteiger partial charge in [-0.1, -0.05) is 6.92 Å². The van der Waals surface area contributed by atoms with Gasteiger partial charge in [0.15, 0.2) is 0 Å². The Hall–Kier alpha value is -0.570. The maximum absolute atomic E-state index is 12.2. The van der Waals surface area contributed by atoms with E-state index in [-0.39, 0.29) is 0 Å². The van der Waals surface area contributed by atoms with E-state index in [1.165, 1.54) is 25.7 Å². The maximum Gasteiger partial charge on any atom is 0.223 e. The summed E-state index contributed by atoms with van der Waals surface area (Å²) >= 11 is 0. The molecule has 1 saturated carbocycles. The first-order chi connectivity index (χ1) is 7.81. The number of nitrogens with zero attached hydrogens (tertiary/aromatic N) is 1. The van der Waals surface area contributed by atoms with Crippen LogP contribution in [0.5, 0.6) is 0 Å². The summed E-state index contributed by atoms with van der Waals surface area (Å²) < 4.78 is 0. The summed E-state index contributed by atoms with van der Waals surface area (Å²) in [5.41, 5.74) is 0. The van der Waals surface area contributed by atoms with Crippen LogP contribution in [0.3, 0.4) is 0 Å². The lowest BCUT2D eigenvalue weighted by atomic mass is 10.0. The summed E-state index contributed by atoms with van der Waals surface area (Å²) in [6.45, 7) is 5.22. The fourth-order valence-corrected chi connectivity index (χ4v) is 2.54. The lowest BCUT2D eigenvalue weighted by Gasteiger charge is -2.34. The molecule has 92 valence electrons. The molecular formula is C13H24N2O. The lowest BCUT2D eigenvalue weighted by molar-refractivity contribution is -0.134. The second-order valence-corrected chi connectivity index (χ2v) is 5.23. The minimum absolute atomic E-state index is 0.401. The molecule has 3 heteroatoms. The molecule has 0 aromatic heterocycles. The summed E-state index contributed by atoms with van der Waals surface area (Å²) in [6.07, 6.45) is 6.82. The fraction of sp³-hybridized carbons (Fsp3) is 0.923. The van der Waals surface area contributed by atoms with Crippen molar-refractivity contribution in [2.24, 2.45) is 5.92 Å². The smallest absolute Gasteiger partial charge is 0.223 e. The molecule has 1 saturated heterocycles. The monoisotopic (exact) mass is 224 g/mol. The first-order valence-corrected chi connectivity index (χ1v) is 6.81. The van der Waals surface area contributed by atoms with Crippen LogP contribution in [0, 0.1) is 5.92 Å². The number of amides is 1. The third-order valence-corrected chi connectivity index (χ3v) is 3.66. The van der Waals surface area contributed by atoms with Gasteiger partial charge >= 0.3 is 0 Å². The fourth-order valence-electron chi connectivity index (χ4n) is 2.54. The molecule has 0 aromatic carbocycles. The molecule has 1 atom stereocenters. The van der Waals surface area contributed by atoms with Gasteiger partial charge < -0.3 is 10.2 Å². The number of carbonyl (C=O) groups is 1. The van der Waals surface area contributed by atoms with E-state index in [4.69, 9.17) is 0 Å². The zero-order valence-corrected chi connectivity index (χ0v) is 10.4. The van der Waals surface area contributed by atoms with Gasteiger partial charge in [-0.3, -0.25) is 4.79 Å². The molecule has 0 aromatic rings. The van der Waals surface area contributed by atoms with E-state index in [9.17, 15) is 4.79 Å². The van der Waals surface area contributed by atoms with Gasteiger partial charge in [-0.15, -0.1) is 0 Å². The largest absolute Gasteiger partial charge is 0.338 e. The molecule has 16 heavy (non-hydrogen) atoms. The third-order valence-electron chi connectivity index (χ3n) is 3.66. The molecule has 0 spiro atoms. The van der Waals surface area contributed by atoms with E-state index in [0.29, 0.717) is 17.9 Å². The van der Waals surface area contributed by atoms with Gasteiger partial charge in [0.2, 0.25) is 5.91 Å². The average molecular weight is 224 g/mol. The molecule has 2 fully saturated rings. The number of piperidine rings is 1. The number of rotatable bonds is 5. The van der Waals surface area contributed by atoms with Crippen LogP contribution < -0.4 is 5.32 Å². The number of carbonyl (C=O) groups excluding carboxylic acids is 1. The minimum Gasteiger partial charge on any atom is -0.338 e. The predicted octanol–water partition coefficient (Wildman–Crippen LogP) is 1.78. The molecule has 2 aliphatic rings. The van der Waals surface area contributed by atoms with Gasteiger partial charge in [-0.25, -0.2) is 0 Å². The van der Waals surface area contributed by atoms with Crippen molar-refractivity contribution in [3.63, 3.8) is 0 Å². The molecule has 1 N–H and O–H groups in total. The Morgan fingerprint density at radius 2 is 2.19 bits per heavy atom. The first kappa shape index (κ1) is 11.9. The average Bonchev–Trinajstić information content (AvgIpc) is 3.11. The minimum atomic E-state index is 0.401. The van der Waals surface area contributed by atoms with Crippen LogP contribution in [0.25, 0.3) is 0 Å². The van der Waals surface area contributed by atoms with Crippen LogP contribution in [-0.2, 0) is 4.79 Å². The van der Waals surface area contributed by atoms with Gasteiger partial charge in [0.1, 0.15) is 0 Å². The molecule has 1 aliphatic heterocycles. The Kier molecular flexibility index (Phi) is 4.22. The van der Waals surface area contributed by atoms with Crippen LogP contribution in [-0.4, -0.2) is 36.5 Å². The summed E-state index contributed by atoms with van der Waals surface area (Å²) in [5.74, 6) is 1.11. The second-order valence-electron chi connectivity index (χ2n) is 5.23. The molecule has 0 radical (unpaired) electrons. The number of hydrogen-bond acceptors (Lipinski definition) is 2. The van der Waals surface area contributed by atoms with Crippen molar-refractivity contribution in [2.45, 2.75) is 51.5 Å². The Balaban J connectivity index is 1.88. The summed E-state index contributed by atoms with van der Waals surface area (Å²) in [6, 6.07) is 0.458. The van der Waals surface area contributed by atoms with Crippen molar-refractivity contribution in [1.82, 2.24) is 10.2 Å². The van der Waals surface area contributed by atoms with E-state index in [0.717, 1.165) is 32.5 Å². The lowest BCUT2D eigenvalue weighted by Crippen LogP contribution is -2.49. The van der Waals surface area contributed by atoms with E-state index in [2.05, 4.69) is 17.1 Å². The highest BCUT2D eigenvalue weighted by Gasteiger charge is 2.30. The number of nitrogens with one attached hydrogen (secondary N) is 1. The van der Waals surface area contributed by atoms with Gasteiger partial charge in [-0.2, -0.15) is 0 Å². The Morgan fingerprint density at radius 3 is 2.75 bits per heavy atom. The molecule has 1 amide bonds. The summed E-state index contributed by atoms with van der Waals surface area (Å²) in [4.78, 5) is 14.3. The molecule has 0 bridgehead atoms. The normalized spacial score (nSPS) is 25.4. The van der Waals surface area contributed by atoms with Gasteiger partial charge in [0.05, 0.1) is 0 Å². The second kappa shape index (κ2) is 5.67. The van der Waals surface area contributed by atoms with E-state index >= 15 is 0 Å². The zero-order chi connectivity index (χ0) is 11.4. The topological polar surface area (TPSA) is 32.3 Å². The van der Waals surface area contributed by atoms with E-state index in [1.807, 2.05) is 0 Å². The van der Waals surface area contributed by atoms with Crippen molar-refractivity contribution >= 4 is 5.91 Å². The van der Waals surface area contributed by atoms with Gasteiger partial charge in [0, 0.05) is 25.6 Å². The maximum atomic E-state index is 12.2. The third kappa shape index (κ3) is 3.21. The molecule has 1 aliphatic carbocycles.